The molecule has 0 atom stereocenters. The van der Waals surface area contributed by atoms with Crippen LogP contribution in [0.3, 0.4) is 0 Å². The van der Waals surface area contributed by atoms with Crippen molar-refractivity contribution in [2.24, 2.45) is 0 Å². The van der Waals surface area contributed by atoms with Gasteiger partial charge in [0.05, 0.1) is 0 Å². The lowest BCUT2D eigenvalue weighted by Crippen LogP contribution is -2.10. The van der Waals surface area contributed by atoms with E-state index in [4.69, 9.17) is 0 Å². The molecule has 198 valence electrons. The fourth-order valence-corrected chi connectivity index (χ4v) is 5.64. The maximum absolute atomic E-state index is 4.35. The van der Waals surface area contributed by atoms with Gasteiger partial charge in [-0.1, -0.05) is 120 Å². The first-order chi connectivity index (χ1) is 19.1. The molecule has 0 amide bonds. The number of aromatic nitrogens is 1. The molecule has 1 heterocycles. The number of hydrogen-bond donors (Lipinski definition) is 0. The average molecular weight is 520 g/mol. The SMILES string of the molecule is CC(C)(C)c1ccc(-c2ccc3c(-c4ccc(C(C)(C)C)cc4)c4ccc(-c5cccnc5)cc4cc3c2)cc1. The van der Waals surface area contributed by atoms with Gasteiger partial charge >= 0.3 is 0 Å². The summed E-state index contributed by atoms with van der Waals surface area (Å²) in [6.45, 7) is 13.6. The van der Waals surface area contributed by atoms with E-state index in [0.717, 1.165) is 5.56 Å². The van der Waals surface area contributed by atoms with Gasteiger partial charge in [0.25, 0.3) is 0 Å². The summed E-state index contributed by atoms with van der Waals surface area (Å²) < 4.78 is 0. The minimum Gasteiger partial charge on any atom is -0.264 e. The van der Waals surface area contributed by atoms with Crippen LogP contribution in [0.15, 0.2) is 116 Å². The lowest BCUT2D eigenvalue weighted by molar-refractivity contribution is 0.590. The van der Waals surface area contributed by atoms with Crippen LogP contribution in [0.1, 0.15) is 52.7 Å². The summed E-state index contributed by atoms with van der Waals surface area (Å²) in [6.07, 6.45) is 3.76. The van der Waals surface area contributed by atoms with Crippen LogP contribution in [-0.4, -0.2) is 4.98 Å². The van der Waals surface area contributed by atoms with Crippen LogP contribution in [0.2, 0.25) is 0 Å². The summed E-state index contributed by atoms with van der Waals surface area (Å²) in [5.74, 6) is 0. The van der Waals surface area contributed by atoms with Crippen molar-refractivity contribution in [1.82, 2.24) is 4.98 Å². The summed E-state index contributed by atoms with van der Waals surface area (Å²) in [4.78, 5) is 4.35. The Kier molecular flexibility index (Phi) is 6.34. The molecule has 0 spiro atoms. The molecule has 0 unspecified atom stereocenters. The maximum Gasteiger partial charge on any atom is 0.0346 e. The molecule has 0 radical (unpaired) electrons. The molecular formula is C39H37N. The molecule has 1 aromatic heterocycles. The van der Waals surface area contributed by atoms with Crippen molar-refractivity contribution in [3.05, 3.63) is 127 Å². The van der Waals surface area contributed by atoms with E-state index in [1.165, 1.54) is 60.5 Å². The predicted octanol–water partition coefficient (Wildman–Crippen LogP) is 11.0. The Labute approximate surface area is 238 Å². The monoisotopic (exact) mass is 519 g/mol. The highest BCUT2D eigenvalue weighted by molar-refractivity contribution is 6.14. The van der Waals surface area contributed by atoms with Gasteiger partial charge in [0.1, 0.15) is 0 Å². The Balaban J connectivity index is 1.56. The molecule has 0 fully saturated rings. The number of nitrogens with zero attached hydrogens (tertiary/aromatic N) is 1. The molecule has 0 aliphatic carbocycles. The first-order valence-electron chi connectivity index (χ1n) is 14.2. The number of pyridine rings is 1. The number of fused-ring (bicyclic) bond motifs is 2. The van der Waals surface area contributed by atoms with E-state index in [9.17, 15) is 0 Å². The van der Waals surface area contributed by atoms with Crippen LogP contribution in [0.4, 0.5) is 0 Å². The van der Waals surface area contributed by atoms with Gasteiger partial charge in [-0.2, -0.15) is 0 Å². The molecule has 5 aromatic carbocycles. The summed E-state index contributed by atoms with van der Waals surface area (Å²) in [5.41, 5.74) is 10.3. The van der Waals surface area contributed by atoms with Gasteiger partial charge in [0, 0.05) is 18.0 Å². The summed E-state index contributed by atoms with van der Waals surface area (Å²) in [5, 5.41) is 5.04. The number of hydrogen-bond acceptors (Lipinski definition) is 1. The molecule has 1 heteroatoms. The fraction of sp³-hybridized carbons (Fsp3) is 0.205. The van der Waals surface area contributed by atoms with Gasteiger partial charge in [0.15, 0.2) is 0 Å². The van der Waals surface area contributed by atoms with Crippen LogP contribution in [-0.2, 0) is 10.8 Å². The Morgan fingerprint density at radius 3 is 1.40 bits per heavy atom. The van der Waals surface area contributed by atoms with Gasteiger partial charge in [-0.3, -0.25) is 4.98 Å². The van der Waals surface area contributed by atoms with Crippen LogP contribution < -0.4 is 0 Å². The standard InChI is InChI=1S/C39H37N/c1-38(2,3)33-15-9-26(10-16-33)28-13-19-35-31(22-28)24-32-23-29(30-8-7-21-40-25-30)14-20-36(32)37(35)27-11-17-34(18-12-27)39(4,5)6/h7-25H,1-6H3. The zero-order valence-corrected chi connectivity index (χ0v) is 24.4. The van der Waals surface area contributed by atoms with Crippen LogP contribution >= 0.6 is 0 Å². The van der Waals surface area contributed by atoms with Crippen LogP contribution in [0, 0.1) is 0 Å². The molecule has 40 heavy (non-hydrogen) atoms. The van der Waals surface area contributed by atoms with Crippen molar-refractivity contribution in [2.75, 3.05) is 0 Å². The lowest BCUT2D eigenvalue weighted by atomic mass is 9.84. The molecule has 0 saturated heterocycles. The van der Waals surface area contributed by atoms with Crippen molar-refractivity contribution in [3.8, 4) is 33.4 Å². The minimum atomic E-state index is 0.120. The van der Waals surface area contributed by atoms with E-state index < -0.39 is 0 Å². The van der Waals surface area contributed by atoms with Gasteiger partial charge in [-0.05, 0) is 95.6 Å². The van der Waals surface area contributed by atoms with Gasteiger partial charge in [-0.15, -0.1) is 0 Å². The normalized spacial score (nSPS) is 12.2. The van der Waals surface area contributed by atoms with Crippen LogP contribution in [0.5, 0.6) is 0 Å². The zero-order chi connectivity index (χ0) is 28.1. The largest absolute Gasteiger partial charge is 0.264 e. The van der Waals surface area contributed by atoms with E-state index in [2.05, 4.69) is 144 Å². The van der Waals surface area contributed by atoms with E-state index >= 15 is 0 Å². The molecule has 0 aliphatic rings. The molecule has 6 rings (SSSR count). The maximum atomic E-state index is 4.35. The third-order valence-corrected chi connectivity index (χ3v) is 8.07. The Morgan fingerprint density at radius 2 is 0.925 bits per heavy atom. The number of benzene rings is 5. The summed E-state index contributed by atoms with van der Waals surface area (Å²) in [6, 6.07) is 38.4. The Morgan fingerprint density at radius 1 is 0.450 bits per heavy atom. The molecule has 0 bridgehead atoms. The first-order valence-corrected chi connectivity index (χ1v) is 14.2. The molecule has 0 N–H and O–H groups in total. The van der Waals surface area contributed by atoms with E-state index in [0.29, 0.717) is 0 Å². The lowest BCUT2D eigenvalue weighted by Gasteiger charge is -2.20. The van der Waals surface area contributed by atoms with Crippen molar-refractivity contribution in [3.63, 3.8) is 0 Å². The average Bonchev–Trinajstić information content (AvgIpc) is 2.95. The fourth-order valence-electron chi connectivity index (χ4n) is 5.64. The highest BCUT2D eigenvalue weighted by Crippen LogP contribution is 2.40. The van der Waals surface area contributed by atoms with E-state index in [1.807, 2.05) is 18.5 Å². The Hall–Kier alpha value is -4.23. The molecule has 0 saturated carbocycles. The third-order valence-electron chi connectivity index (χ3n) is 8.07. The highest BCUT2D eigenvalue weighted by Gasteiger charge is 2.17. The van der Waals surface area contributed by atoms with Crippen molar-refractivity contribution >= 4 is 21.5 Å². The van der Waals surface area contributed by atoms with Crippen molar-refractivity contribution < 1.29 is 0 Å². The zero-order valence-electron chi connectivity index (χ0n) is 24.4. The second kappa shape index (κ2) is 9.75. The summed E-state index contributed by atoms with van der Waals surface area (Å²) in [7, 11) is 0. The summed E-state index contributed by atoms with van der Waals surface area (Å²) >= 11 is 0. The van der Waals surface area contributed by atoms with E-state index in [-0.39, 0.29) is 10.8 Å². The minimum absolute atomic E-state index is 0.120. The highest BCUT2D eigenvalue weighted by atomic mass is 14.6. The third kappa shape index (κ3) is 4.93. The smallest absolute Gasteiger partial charge is 0.0346 e. The molecule has 0 aliphatic heterocycles. The Bertz CT molecular complexity index is 1810. The topological polar surface area (TPSA) is 12.9 Å². The predicted molar refractivity (Wildman–Crippen MR) is 173 cm³/mol. The molecular weight excluding hydrogens is 482 g/mol. The quantitative estimate of drug-likeness (QED) is 0.212. The van der Waals surface area contributed by atoms with Crippen LogP contribution in [0.25, 0.3) is 54.9 Å². The van der Waals surface area contributed by atoms with Gasteiger partial charge in [0.2, 0.25) is 0 Å². The van der Waals surface area contributed by atoms with Crippen molar-refractivity contribution in [1.29, 1.82) is 0 Å². The second-order valence-electron chi connectivity index (χ2n) is 13.0. The van der Waals surface area contributed by atoms with Crippen molar-refractivity contribution in [2.45, 2.75) is 52.4 Å². The van der Waals surface area contributed by atoms with Gasteiger partial charge in [-0.25, -0.2) is 0 Å². The first kappa shape index (κ1) is 26.0. The van der Waals surface area contributed by atoms with E-state index in [1.54, 1.807) is 0 Å². The second-order valence-corrected chi connectivity index (χ2v) is 13.0. The molecule has 6 aromatic rings. The van der Waals surface area contributed by atoms with Gasteiger partial charge < -0.3 is 0 Å². The molecule has 1 nitrogen and oxygen atoms in total. The number of rotatable bonds is 3.